The summed E-state index contributed by atoms with van der Waals surface area (Å²) in [7, 11) is -11.2. The highest BCUT2D eigenvalue weighted by molar-refractivity contribution is 7.04. The zero-order chi connectivity index (χ0) is 28.1. The maximum Gasteiger partial charge on any atom is 0.478 e. The smallest absolute Gasteiger partial charge is 0.425 e. The lowest BCUT2D eigenvalue weighted by Gasteiger charge is -2.43. The average Bonchev–Trinajstić information content (AvgIpc) is 2.89. The van der Waals surface area contributed by atoms with Crippen molar-refractivity contribution in [2.75, 3.05) is 7.11 Å². The molecule has 13 heteroatoms. The van der Waals surface area contributed by atoms with Crippen LogP contribution >= 0.6 is 0 Å². The second kappa shape index (κ2) is 12.5. The van der Waals surface area contributed by atoms with Crippen LogP contribution < -0.4 is 15.6 Å². The number of rotatable bonds is 13. The van der Waals surface area contributed by atoms with Crippen molar-refractivity contribution in [3.8, 4) is 0 Å². The van der Waals surface area contributed by atoms with Crippen molar-refractivity contribution in [1.82, 2.24) is 0 Å². The molecule has 0 fully saturated rings. The fourth-order valence-electron chi connectivity index (χ4n) is 4.34. The molecular formula is C25H37O7Si6. The highest BCUT2D eigenvalue weighted by Gasteiger charge is 2.55. The predicted octanol–water partition coefficient (Wildman–Crippen LogP) is 3.00. The maximum absolute atomic E-state index is 11.2. The van der Waals surface area contributed by atoms with Gasteiger partial charge in [-0.25, -0.2) is 0 Å². The van der Waals surface area contributed by atoms with Gasteiger partial charge in [0.25, 0.3) is 0 Å². The van der Waals surface area contributed by atoms with E-state index in [0.717, 1.165) is 15.6 Å². The third-order valence-electron chi connectivity index (χ3n) is 6.21. The molecule has 0 aliphatic rings. The van der Waals surface area contributed by atoms with Gasteiger partial charge in [-0.05, 0) is 41.7 Å². The van der Waals surface area contributed by atoms with Gasteiger partial charge in [-0.15, -0.1) is 0 Å². The fourth-order valence-corrected chi connectivity index (χ4v) is 24.4. The molecule has 0 saturated carbocycles. The van der Waals surface area contributed by atoms with Crippen molar-refractivity contribution < 1.29 is 29.8 Å². The van der Waals surface area contributed by atoms with Gasteiger partial charge in [0.2, 0.25) is 18.8 Å². The summed E-state index contributed by atoms with van der Waals surface area (Å²) in [5, 5.41) is 3.15. The second-order valence-electron chi connectivity index (χ2n) is 9.95. The lowest BCUT2D eigenvalue weighted by Crippen LogP contribution is -2.71. The van der Waals surface area contributed by atoms with Crippen LogP contribution in [-0.2, 0) is 25.0 Å². The highest BCUT2D eigenvalue weighted by Crippen LogP contribution is 2.26. The summed E-state index contributed by atoms with van der Waals surface area (Å²) in [6.45, 7) is 11.2. The van der Waals surface area contributed by atoms with Gasteiger partial charge < -0.3 is 29.8 Å². The molecule has 38 heavy (non-hydrogen) atoms. The summed E-state index contributed by atoms with van der Waals surface area (Å²) in [6, 6.07) is 30.4. The summed E-state index contributed by atoms with van der Waals surface area (Å²) in [6.07, 6.45) is 0. The fraction of sp³-hybridized carbons (Fsp3) is 0.280. The first kappa shape index (κ1) is 31.2. The van der Waals surface area contributed by atoms with Gasteiger partial charge in [-0.3, -0.25) is 0 Å². The first-order valence-electron chi connectivity index (χ1n) is 12.4. The minimum absolute atomic E-state index is 0.922. The van der Waals surface area contributed by atoms with Crippen molar-refractivity contribution in [3.05, 3.63) is 91.0 Å². The zero-order valence-corrected chi connectivity index (χ0v) is 29.1. The molecular weight excluding hydrogens is 581 g/mol. The predicted molar refractivity (Wildman–Crippen MR) is 163 cm³/mol. The molecule has 0 spiro atoms. The van der Waals surface area contributed by atoms with Crippen molar-refractivity contribution in [3.63, 3.8) is 0 Å². The zero-order valence-electron chi connectivity index (χ0n) is 23.1. The number of hydrogen-bond acceptors (Lipinski definition) is 7. The molecule has 3 rings (SSSR count). The van der Waals surface area contributed by atoms with Gasteiger partial charge in [-0.2, -0.15) is 0 Å². The van der Waals surface area contributed by atoms with Crippen LogP contribution in [0.5, 0.6) is 0 Å². The van der Waals surface area contributed by atoms with E-state index in [4.69, 9.17) is 25.0 Å². The Morgan fingerprint density at radius 1 is 0.579 bits per heavy atom. The average molecular weight is 618 g/mol. The minimum atomic E-state index is -3.71. The van der Waals surface area contributed by atoms with Crippen molar-refractivity contribution in [1.29, 1.82) is 0 Å². The minimum Gasteiger partial charge on any atom is -0.425 e. The number of benzene rings is 3. The SMILES string of the molecule is CO[Si](C)(C)O[Si](C)(O)O[Si](C)(O[Si])O[Si](C)(O[Si](C)(c1ccccc1)c1ccccc1)c1ccccc1. The van der Waals surface area contributed by atoms with Crippen molar-refractivity contribution >= 4 is 69.1 Å². The standard InChI is InChI=1S/C25H37O7Si6/c1-27-34(2,3)29-37(6,26)32-38(7,28-33)31-36(5,25-21-15-10-16-22-25)30-35(4,23-17-11-8-12-18-23)24-19-13-9-14-20-24/h8-22,26H,1-7H3. The van der Waals surface area contributed by atoms with Gasteiger partial charge in [0.15, 0.2) is 0 Å². The Labute approximate surface area is 235 Å². The van der Waals surface area contributed by atoms with Crippen LogP contribution in [0, 0.1) is 0 Å². The van der Waals surface area contributed by atoms with E-state index in [0.29, 0.717) is 0 Å². The molecule has 3 unspecified atom stereocenters. The molecule has 3 atom stereocenters. The van der Waals surface area contributed by atoms with E-state index >= 15 is 0 Å². The monoisotopic (exact) mass is 617 g/mol. The van der Waals surface area contributed by atoms with Crippen LogP contribution in [0.2, 0.25) is 39.3 Å². The topological polar surface area (TPSA) is 75.6 Å². The Morgan fingerprint density at radius 3 is 1.39 bits per heavy atom. The highest BCUT2D eigenvalue weighted by atomic mass is 28.5. The van der Waals surface area contributed by atoms with Crippen LogP contribution in [0.25, 0.3) is 0 Å². The van der Waals surface area contributed by atoms with Crippen molar-refractivity contribution in [2.24, 2.45) is 0 Å². The first-order chi connectivity index (χ1) is 17.8. The van der Waals surface area contributed by atoms with Crippen LogP contribution in [0.4, 0.5) is 0 Å². The molecule has 0 aliphatic carbocycles. The quantitative estimate of drug-likeness (QED) is 0.296. The lowest BCUT2D eigenvalue weighted by atomic mass is 10.4. The Balaban J connectivity index is 2.08. The molecule has 0 bridgehead atoms. The molecule has 3 aromatic rings. The van der Waals surface area contributed by atoms with E-state index in [2.05, 4.69) is 41.3 Å². The molecule has 0 aromatic heterocycles. The van der Waals surface area contributed by atoms with Gasteiger partial charge in [0, 0.05) is 20.2 Å². The summed E-state index contributed by atoms with van der Waals surface area (Å²) < 4.78 is 37.5. The molecule has 0 saturated heterocycles. The molecule has 203 valence electrons. The normalized spacial score (nSPS) is 17.3. The molecule has 7 nitrogen and oxygen atoms in total. The molecule has 0 amide bonds. The van der Waals surface area contributed by atoms with E-state index in [-0.39, 0.29) is 0 Å². The van der Waals surface area contributed by atoms with Crippen LogP contribution in [0.1, 0.15) is 0 Å². The van der Waals surface area contributed by atoms with E-state index in [1.54, 1.807) is 20.2 Å². The van der Waals surface area contributed by atoms with E-state index in [1.165, 1.54) is 0 Å². The summed E-state index contributed by atoms with van der Waals surface area (Å²) in [5.41, 5.74) is 0. The van der Waals surface area contributed by atoms with E-state index in [1.807, 2.05) is 86.4 Å². The van der Waals surface area contributed by atoms with E-state index < -0.39 is 43.0 Å². The van der Waals surface area contributed by atoms with Gasteiger partial charge >= 0.3 is 34.7 Å². The van der Waals surface area contributed by atoms with Crippen molar-refractivity contribution in [2.45, 2.75) is 39.3 Å². The molecule has 3 aromatic carbocycles. The van der Waals surface area contributed by atoms with Crippen LogP contribution in [0.15, 0.2) is 91.0 Å². The maximum atomic E-state index is 11.2. The lowest BCUT2D eigenvalue weighted by molar-refractivity contribution is 0.160. The van der Waals surface area contributed by atoms with Crippen LogP contribution in [0.3, 0.4) is 0 Å². The first-order valence-corrected chi connectivity index (χ1v) is 24.8. The van der Waals surface area contributed by atoms with Gasteiger partial charge in [-0.1, -0.05) is 91.0 Å². The molecule has 0 aliphatic heterocycles. The molecule has 3 radical (unpaired) electrons. The largest absolute Gasteiger partial charge is 0.478 e. The molecule has 1 N–H and O–H groups in total. The Bertz CT molecular complexity index is 1120. The van der Waals surface area contributed by atoms with Gasteiger partial charge in [0.05, 0.1) is 0 Å². The third kappa shape index (κ3) is 7.88. The summed E-state index contributed by atoms with van der Waals surface area (Å²) in [4.78, 5) is 11.2. The molecule has 0 heterocycles. The van der Waals surface area contributed by atoms with Gasteiger partial charge in [0.1, 0.15) is 0 Å². The summed E-state index contributed by atoms with van der Waals surface area (Å²) in [5.74, 6) is 0. The Hall–Kier alpha value is -1.32. The van der Waals surface area contributed by atoms with Crippen LogP contribution in [-0.4, -0.2) is 65.4 Å². The second-order valence-corrected chi connectivity index (χ2v) is 26.5. The third-order valence-corrected chi connectivity index (χ3v) is 25.6. The Kier molecular flexibility index (Phi) is 10.2. The Morgan fingerprint density at radius 2 is 1.00 bits per heavy atom. The van der Waals surface area contributed by atoms with E-state index in [9.17, 15) is 4.80 Å². The number of hydrogen-bond donors (Lipinski definition) is 1. The summed E-state index contributed by atoms with van der Waals surface area (Å²) >= 11 is 0.